The number of amidine groups is 1. The summed E-state index contributed by atoms with van der Waals surface area (Å²) in [5.41, 5.74) is 2.32. The number of nitrogens with zero attached hydrogens (tertiary/aromatic N) is 3. The molecule has 1 aliphatic rings. The standard InChI is InChI=1S/C28H24ClN3O7S/c1-4-38-27(34)19-7-9-20(10-8-19)30-28-31(2)26(33)24(40-28)15-18-13-22(29)25(23(14-18)37-3)39-16-17-5-11-21(12-6-17)32(35)36/h5-15H,4,16H2,1-3H3/b24-15-,30-28?. The van der Waals surface area contributed by atoms with Crippen LogP contribution in [0.3, 0.4) is 0 Å². The van der Waals surface area contributed by atoms with Gasteiger partial charge in [-0.15, -0.1) is 0 Å². The van der Waals surface area contributed by atoms with Crippen molar-refractivity contribution in [2.75, 3.05) is 20.8 Å². The van der Waals surface area contributed by atoms with E-state index in [9.17, 15) is 19.7 Å². The van der Waals surface area contributed by atoms with Crippen molar-refractivity contribution in [3.05, 3.63) is 97.4 Å². The molecule has 206 valence electrons. The van der Waals surface area contributed by atoms with E-state index in [4.69, 9.17) is 25.8 Å². The molecule has 0 unspecified atom stereocenters. The van der Waals surface area contributed by atoms with Gasteiger partial charge in [-0.1, -0.05) is 11.6 Å². The summed E-state index contributed by atoms with van der Waals surface area (Å²) in [6.07, 6.45) is 1.68. The predicted octanol–water partition coefficient (Wildman–Crippen LogP) is 6.25. The Morgan fingerprint density at radius 1 is 1.15 bits per heavy atom. The number of carbonyl (C=O) groups excluding carboxylic acids is 2. The SMILES string of the molecule is CCOC(=O)c1ccc(N=C2S/C(=C\c3cc(Cl)c(OCc4ccc([N+](=O)[O-])cc4)c(OC)c3)C(=O)N2C)cc1. The molecule has 3 aromatic carbocycles. The minimum atomic E-state index is -0.470. The van der Waals surface area contributed by atoms with Crippen LogP contribution in [-0.2, 0) is 16.1 Å². The second-order valence-electron chi connectivity index (χ2n) is 8.38. The summed E-state index contributed by atoms with van der Waals surface area (Å²) in [6, 6.07) is 16.0. The highest BCUT2D eigenvalue weighted by Crippen LogP contribution is 2.39. The number of halogens is 1. The van der Waals surface area contributed by atoms with E-state index in [1.54, 1.807) is 68.6 Å². The Labute approximate surface area is 239 Å². The first kappa shape index (κ1) is 28.7. The molecule has 0 N–H and O–H groups in total. The summed E-state index contributed by atoms with van der Waals surface area (Å²) in [5, 5.41) is 11.6. The average molecular weight is 582 g/mol. The monoisotopic (exact) mass is 581 g/mol. The summed E-state index contributed by atoms with van der Waals surface area (Å²) in [4.78, 5) is 41.6. The van der Waals surface area contributed by atoms with Gasteiger partial charge >= 0.3 is 5.97 Å². The largest absolute Gasteiger partial charge is 0.493 e. The van der Waals surface area contributed by atoms with Gasteiger partial charge in [0.15, 0.2) is 16.7 Å². The number of benzene rings is 3. The Balaban J connectivity index is 1.51. The number of hydrogen-bond acceptors (Lipinski definition) is 9. The highest BCUT2D eigenvalue weighted by atomic mass is 35.5. The summed E-state index contributed by atoms with van der Waals surface area (Å²) in [7, 11) is 3.10. The molecule has 0 spiro atoms. The van der Waals surface area contributed by atoms with E-state index in [0.29, 0.717) is 43.9 Å². The molecular weight excluding hydrogens is 558 g/mol. The number of rotatable bonds is 9. The molecule has 0 bridgehead atoms. The molecule has 1 amide bonds. The van der Waals surface area contributed by atoms with Gasteiger partial charge in [-0.3, -0.25) is 19.8 Å². The minimum absolute atomic E-state index is 0.0122. The molecule has 1 fully saturated rings. The molecule has 1 heterocycles. The fourth-order valence-electron chi connectivity index (χ4n) is 3.63. The molecule has 0 atom stereocenters. The summed E-state index contributed by atoms with van der Waals surface area (Å²) >= 11 is 7.71. The molecule has 3 aromatic rings. The zero-order valence-corrected chi connectivity index (χ0v) is 23.3. The van der Waals surface area contributed by atoms with Gasteiger partial charge in [0.05, 0.1) is 39.8 Å². The molecule has 1 saturated heterocycles. The van der Waals surface area contributed by atoms with Crippen molar-refractivity contribution in [3.63, 3.8) is 0 Å². The third kappa shape index (κ3) is 6.61. The fraction of sp³-hybridized carbons (Fsp3) is 0.179. The molecule has 0 aromatic heterocycles. The minimum Gasteiger partial charge on any atom is -0.493 e. The summed E-state index contributed by atoms with van der Waals surface area (Å²) in [5.74, 6) is 0.0214. The van der Waals surface area contributed by atoms with Gasteiger partial charge in [0, 0.05) is 19.2 Å². The molecule has 0 aliphatic carbocycles. The van der Waals surface area contributed by atoms with Crippen LogP contribution in [0.2, 0.25) is 5.02 Å². The van der Waals surface area contributed by atoms with Crippen LogP contribution >= 0.6 is 23.4 Å². The van der Waals surface area contributed by atoms with Crippen molar-refractivity contribution >= 4 is 57.9 Å². The maximum atomic E-state index is 12.9. The topological polar surface area (TPSA) is 121 Å². The van der Waals surface area contributed by atoms with E-state index in [1.807, 2.05) is 0 Å². The lowest BCUT2D eigenvalue weighted by molar-refractivity contribution is -0.384. The summed E-state index contributed by atoms with van der Waals surface area (Å²) < 4.78 is 16.3. The molecule has 0 radical (unpaired) electrons. The zero-order valence-electron chi connectivity index (χ0n) is 21.8. The second kappa shape index (κ2) is 12.7. The number of aliphatic imine (C=N–C) groups is 1. The van der Waals surface area contributed by atoms with Crippen LogP contribution in [0.25, 0.3) is 6.08 Å². The number of carbonyl (C=O) groups is 2. The number of nitro benzene ring substituents is 1. The van der Waals surface area contributed by atoms with Crippen molar-refractivity contribution < 1.29 is 28.7 Å². The number of non-ortho nitro benzene ring substituents is 1. The third-order valence-electron chi connectivity index (χ3n) is 5.69. The van der Waals surface area contributed by atoms with E-state index in [0.717, 1.165) is 0 Å². The number of likely N-dealkylation sites (N-methyl/N-ethyl adjacent to an activating group) is 1. The molecule has 40 heavy (non-hydrogen) atoms. The van der Waals surface area contributed by atoms with Crippen LogP contribution < -0.4 is 9.47 Å². The lowest BCUT2D eigenvalue weighted by Crippen LogP contribution is -2.23. The number of hydrogen-bond donors (Lipinski definition) is 0. The normalized spacial score (nSPS) is 15.0. The van der Waals surface area contributed by atoms with Gasteiger partial charge in [-0.05, 0) is 84.4 Å². The van der Waals surface area contributed by atoms with Gasteiger partial charge in [0.1, 0.15) is 6.61 Å². The fourth-order valence-corrected chi connectivity index (χ4v) is 4.89. The molecule has 12 heteroatoms. The Morgan fingerprint density at radius 2 is 1.85 bits per heavy atom. The third-order valence-corrected chi connectivity index (χ3v) is 7.03. The van der Waals surface area contributed by atoms with E-state index >= 15 is 0 Å². The maximum absolute atomic E-state index is 12.9. The van der Waals surface area contributed by atoms with Gasteiger partial charge in [0.25, 0.3) is 11.6 Å². The van der Waals surface area contributed by atoms with Gasteiger partial charge in [-0.2, -0.15) is 0 Å². The van der Waals surface area contributed by atoms with Gasteiger partial charge in [-0.25, -0.2) is 9.79 Å². The van der Waals surface area contributed by atoms with E-state index in [-0.39, 0.29) is 29.8 Å². The lowest BCUT2D eigenvalue weighted by atomic mass is 10.1. The van der Waals surface area contributed by atoms with Crippen LogP contribution in [-0.4, -0.2) is 47.6 Å². The van der Waals surface area contributed by atoms with Crippen molar-refractivity contribution in [3.8, 4) is 11.5 Å². The first-order valence-electron chi connectivity index (χ1n) is 12.0. The molecule has 10 nitrogen and oxygen atoms in total. The molecular formula is C28H24ClN3O7S. The second-order valence-corrected chi connectivity index (χ2v) is 9.80. The Morgan fingerprint density at radius 3 is 2.48 bits per heavy atom. The number of amides is 1. The molecule has 1 aliphatic heterocycles. The van der Waals surface area contributed by atoms with Crippen molar-refractivity contribution in [1.29, 1.82) is 0 Å². The first-order chi connectivity index (χ1) is 19.2. The Bertz CT molecular complexity index is 1510. The van der Waals surface area contributed by atoms with Crippen LogP contribution in [0.1, 0.15) is 28.4 Å². The quantitative estimate of drug-likeness (QED) is 0.126. The number of esters is 1. The van der Waals surface area contributed by atoms with Crippen molar-refractivity contribution in [2.24, 2.45) is 4.99 Å². The zero-order chi connectivity index (χ0) is 28.8. The van der Waals surface area contributed by atoms with Crippen LogP contribution in [0.15, 0.2) is 70.6 Å². The van der Waals surface area contributed by atoms with Crippen LogP contribution in [0.5, 0.6) is 11.5 Å². The Hall–Kier alpha value is -4.35. The molecule has 4 rings (SSSR count). The van der Waals surface area contributed by atoms with Crippen LogP contribution in [0.4, 0.5) is 11.4 Å². The number of thioether (sulfide) groups is 1. The van der Waals surface area contributed by atoms with Gasteiger partial charge < -0.3 is 14.2 Å². The average Bonchev–Trinajstić information content (AvgIpc) is 3.20. The van der Waals surface area contributed by atoms with Gasteiger partial charge in [0.2, 0.25) is 0 Å². The number of methoxy groups -OCH3 is 1. The van der Waals surface area contributed by atoms with E-state index in [1.165, 1.54) is 35.9 Å². The number of ether oxygens (including phenoxy) is 3. The smallest absolute Gasteiger partial charge is 0.338 e. The lowest BCUT2D eigenvalue weighted by Gasteiger charge is -2.13. The van der Waals surface area contributed by atoms with Crippen LogP contribution in [0, 0.1) is 10.1 Å². The van der Waals surface area contributed by atoms with E-state index < -0.39 is 10.9 Å². The van der Waals surface area contributed by atoms with Crippen molar-refractivity contribution in [1.82, 2.24) is 4.90 Å². The predicted molar refractivity (Wildman–Crippen MR) is 153 cm³/mol. The highest BCUT2D eigenvalue weighted by molar-refractivity contribution is 8.18. The number of nitro groups is 1. The van der Waals surface area contributed by atoms with Crippen molar-refractivity contribution in [2.45, 2.75) is 13.5 Å². The first-order valence-corrected chi connectivity index (χ1v) is 13.2. The maximum Gasteiger partial charge on any atom is 0.338 e. The Kier molecular flexibility index (Phi) is 9.08. The molecule has 0 saturated carbocycles. The summed E-state index contributed by atoms with van der Waals surface area (Å²) in [6.45, 7) is 2.15. The highest BCUT2D eigenvalue weighted by Gasteiger charge is 2.30. The van der Waals surface area contributed by atoms with E-state index in [2.05, 4.69) is 4.99 Å².